The standard InChI is InChI=1S/C13H18F2N4O2/c14-13(15,12(21)5-2-6-12)11(20)16-7-4-10-18-17-9-3-1-8-19(9)10/h21H,1-8H2,(H,16,20). The second-order valence-electron chi connectivity index (χ2n) is 5.75. The Hall–Kier alpha value is -1.57. The molecule has 3 rings (SSSR count). The molecule has 2 aliphatic rings. The molecule has 1 aliphatic heterocycles. The van der Waals surface area contributed by atoms with E-state index in [9.17, 15) is 18.7 Å². The second kappa shape index (κ2) is 5.01. The van der Waals surface area contributed by atoms with E-state index in [1.807, 2.05) is 4.57 Å². The van der Waals surface area contributed by atoms with Crippen molar-refractivity contribution >= 4 is 5.91 Å². The maximum atomic E-state index is 13.8. The largest absolute Gasteiger partial charge is 0.383 e. The number of rotatable bonds is 5. The summed E-state index contributed by atoms with van der Waals surface area (Å²) in [6, 6.07) is 0. The van der Waals surface area contributed by atoms with Gasteiger partial charge in [-0.25, -0.2) is 0 Å². The highest BCUT2D eigenvalue weighted by Gasteiger charge is 2.60. The summed E-state index contributed by atoms with van der Waals surface area (Å²) < 4.78 is 29.6. The van der Waals surface area contributed by atoms with Crippen LogP contribution in [-0.2, 0) is 24.2 Å². The Bertz CT molecular complexity index is 554. The van der Waals surface area contributed by atoms with E-state index in [0.717, 1.165) is 25.2 Å². The lowest BCUT2D eigenvalue weighted by molar-refractivity contribution is -0.215. The lowest BCUT2D eigenvalue weighted by atomic mass is 9.75. The number of carbonyl (C=O) groups excluding carboxylic acids is 1. The van der Waals surface area contributed by atoms with Crippen molar-refractivity contribution in [3.63, 3.8) is 0 Å². The molecular formula is C13H18F2N4O2. The van der Waals surface area contributed by atoms with E-state index >= 15 is 0 Å². The zero-order valence-corrected chi connectivity index (χ0v) is 11.6. The van der Waals surface area contributed by atoms with Crippen molar-refractivity contribution in [3.05, 3.63) is 11.6 Å². The minimum atomic E-state index is -3.74. The zero-order valence-electron chi connectivity index (χ0n) is 11.6. The van der Waals surface area contributed by atoms with Gasteiger partial charge in [-0.2, -0.15) is 8.78 Å². The second-order valence-corrected chi connectivity index (χ2v) is 5.75. The van der Waals surface area contributed by atoms with Gasteiger partial charge in [-0.15, -0.1) is 10.2 Å². The van der Waals surface area contributed by atoms with E-state index in [1.54, 1.807) is 0 Å². The van der Waals surface area contributed by atoms with Crippen LogP contribution in [-0.4, -0.2) is 43.8 Å². The molecule has 1 amide bonds. The molecule has 1 aromatic rings. The van der Waals surface area contributed by atoms with Crippen molar-refractivity contribution < 1.29 is 18.7 Å². The number of aryl methyl sites for hydroxylation is 1. The summed E-state index contributed by atoms with van der Waals surface area (Å²) in [6.45, 7) is 0.893. The normalized spacial score (nSPS) is 20.0. The number of carbonyl (C=O) groups is 1. The van der Waals surface area contributed by atoms with Crippen molar-refractivity contribution in [3.8, 4) is 0 Å². The van der Waals surface area contributed by atoms with Crippen LogP contribution in [0.4, 0.5) is 8.78 Å². The number of hydrogen-bond acceptors (Lipinski definition) is 4. The zero-order chi connectivity index (χ0) is 15.1. The van der Waals surface area contributed by atoms with Crippen LogP contribution in [0.15, 0.2) is 0 Å². The Balaban J connectivity index is 1.54. The van der Waals surface area contributed by atoms with Crippen molar-refractivity contribution in [1.29, 1.82) is 0 Å². The first-order chi connectivity index (χ1) is 9.94. The maximum absolute atomic E-state index is 13.8. The molecule has 1 aromatic heterocycles. The molecule has 2 heterocycles. The van der Waals surface area contributed by atoms with Crippen LogP contribution < -0.4 is 5.32 Å². The van der Waals surface area contributed by atoms with E-state index in [0.29, 0.717) is 18.7 Å². The van der Waals surface area contributed by atoms with E-state index < -0.39 is 17.4 Å². The Morgan fingerprint density at radius 3 is 2.81 bits per heavy atom. The number of hydrogen-bond donors (Lipinski definition) is 2. The molecule has 116 valence electrons. The number of halogens is 2. The minimum absolute atomic E-state index is 0.0366. The number of aromatic nitrogens is 3. The maximum Gasteiger partial charge on any atom is 0.352 e. The summed E-state index contributed by atoms with van der Waals surface area (Å²) in [4.78, 5) is 11.6. The van der Waals surface area contributed by atoms with E-state index in [2.05, 4.69) is 15.5 Å². The third kappa shape index (κ3) is 2.31. The lowest BCUT2D eigenvalue weighted by Gasteiger charge is -2.41. The molecule has 8 heteroatoms. The van der Waals surface area contributed by atoms with Crippen molar-refractivity contribution in [1.82, 2.24) is 20.1 Å². The van der Waals surface area contributed by atoms with Crippen LogP contribution in [0.3, 0.4) is 0 Å². The van der Waals surface area contributed by atoms with Gasteiger partial charge in [-0.05, 0) is 25.7 Å². The fourth-order valence-electron chi connectivity index (χ4n) is 2.83. The average molecular weight is 300 g/mol. The van der Waals surface area contributed by atoms with Crippen LogP contribution in [0.2, 0.25) is 0 Å². The first kappa shape index (κ1) is 14.4. The third-order valence-electron chi connectivity index (χ3n) is 4.37. The smallest absolute Gasteiger partial charge is 0.352 e. The SMILES string of the molecule is O=C(NCCc1nnc2n1CCC2)C(F)(F)C1(O)CCC1. The van der Waals surface area contributed by atoms with Crippen molar-refractivity contribution in [2.75, 3.05) is 6.54 Å². The quantitative estimate of drug-likeness (QED) is 0.826. The summed E-state index contributed by atoms with van der Waals surface area (Å²) in [5, 5.41) is 19.9. The molecule has 1 aliphatic carbocycles. The Morgan fingerprint density at radius 2 is 2.14 bits per heavy atom. The summed E-state index contributed by atoms with van der Waals surface area (Å²) in [5.41, 5.74) is -2.17. The molecule has 0 aromatic carbocycles. The predicted molar refractivity (Wildman–Crippen MR) is 68.8 cm³/mol. The number of amides is 1. The molecule has 0 saturated heterocycles. The number of aliphatic hydroxyl groups is 1. The van der Waals surface area contributed by atoms with Crippen molar-refractivity contribution in [2.45, 2.75) is 56.6 Å². The number of fused-ring (bicyclic) bond motifs is 1. The third-order valence-corrected chi connectivity index (χ3v) is 4.37. The molecule has 0 unspecified atom stereocenters. The fraction of sp³-hybridized carbons (Fsp3) is 0.769. The van der Waals surface area contributed by atoms with E-state index in [-0.39, 0.29) is 19.4 Å². The summed E-state index contributed by atoms with van der Waals surface area (Å²) >= 11 is 0. The molecule has 1 saturated carbocycles. The van der Waals surface area contributed by atoms with Gasteiger partial charge in [0.2, 0.25) is 0 Å². The van der Waals surface area contributed by atoms with Gasteiger partial charge in [-0.1, -0.05) is 0 Å². The molecule has 21 heavy (non-hydrogen) atoms. The van der Waals surface area contributed by atoms with Gasteiger partial charge >= 0.3 is 5.92 Å². The molecule has 0 bridgehead atoms. The monoisotopic (exact) mass is 300 g/mol. The van der Waals surface area contributed by atoms with Gasteiger partial charge < -0.3 is 15.0 Å². The Morgan fingerprint density at radius 1 is 1.38 bits per heavy atom. The highest BCUT2D eigenvalue weighted by molar-refractivity contribution is 5.85. The van der Waals surface area contributed by atoms with E-state index in [4.69, 9.17) is 0 Å². The highest BCUT2D eigenvalue weighted by atomic mass is 19.3. The van der Waals surface area contributed by atoms with Crippen LogP contribution in [0.25, 0.3) is 0 Å². The number of nitrogens with one attached hydrogen (secondary N) is 1. The molecule has 6 nitrogen and oxygen atoms in total. The molecule has 0 atom stereocenters. The van der Waals surface area contributed by atoms with Crippen molar-refractivity contribution in [2.24, 2.45) is 0 Å². The number of alkyl halides is 2. The summed E-state index contributed by atoms with van der Waals surface area (Å²) in [7, 11) is 0. The first-order valence-electron chi connectivity index (χ1n) is 7.23. The number of nitrogens with zero attached hydrogens (tertiary/aromatic N) is 3. The lowest BCUT2D eigenvalue weighted by Crippen LogP contribution is -2.60. The molecule has 1 fully saturated rings. The Kier molecular flexibility index (Phi) is 3.43. The van der Waals surface area contributed by atoms with Crippen LogP contribution in [0, 0.1) is 0 Å². The van der Waals surface area contributed by atoms with E-state index in [1.165, 1.54) is 0 Å². The topological polar surface area (TPSA) is 80.0 Å². The first-order valence-corrected chi connectivity index (χ1v) is 7.23. The molecular weight excluding hydrogens is 282 g/mol. The predicted octanol–water partition coefficient (Wildman–Crippen LogP) is 0.433. The molecule has 0 radical (unpaired) electrons. The minimum Gasteiger partial charge on any atom is -0.383 e. The van der Waals surface area contributed by atoms with Gasteiger partial charge in [-0.3, -0.25) is 4.79 Å². The average Bonchev–Trinajstić information content (AvgIpc) is 2.99. The Labute approximate surface area is 120 Å². The van der Waals surface area contributed by atoms with Crippen LogP contribution in [0.1, 0.15) is 37.3 Å². The summed E-state index contributed by atoms with van der Waals surface area (Å²) in [6.07, 6.45) is 2.69. The fourth-order valence-corrected chi connectivity index (χ4v) is 2.83. The molecule has 2 N–H and O–H groups in total. The van der Waals surface area contributed by atoms with Gasteiger partial charge in [0.25, 0.3) is 5.91 Å². The summed E-state index contributed by atoms with van der Waals surface area (Å²) in [5.74, 6) is -3.54. The van der Waals surface area contributed by atoms with Crippen LogP contribution in [0.5, 0.6) is 0 Å². The van der Waals surface area contributed by atoms with Gasteiger partial charge in [0, 0.05) is 25.9 Å². The molecule has 0 spiro atoms. The van der Waals surface area contributed by atoms with Gasteiger partial charge in [0.15, 0.2) is 0 Å². The van der Waals surface area contributed by atoms with Crippen LogP contribution >= 0.6 is 0 Å². The highest BCUT2D eigenvalue weighted by Crippen LogP contribution is 2.44. The van der Waals surface area contributed by atoms with Gasteiger partial charge in [0.1, 0.15) is 17.2 Å². The van der Waals surface area contributed by atoms with Gasteiger partial charge in [0.05, 0.1) is 0 Å².